The van der Waals surface area contributed by atoms with E-state index in [0.29, 0.717) is 17.5 Å². The van der Waals surface area contributed by atoms with E-state index in [0.717, 1.165) is 0 Å². The second-order valence-electron chi connectivity index (χ2n) is 5.77. The standard InChI is InChI=1S/C17H9Cl6NO2/c18-10-2-1-9(3-8(10)6-25)24-16(26)14-13(17(14,22)23)7-4-11(19)15(21)12(20)5-7/h1-6,13-14H,(H,24,26). The Hall–Kier alpha value is -0.680. The highest BCUT2D eigenvalue weighted by atomic mass is 35.5. The zero-order valence-corrected chi connectivity index (χ0v) is 17.2. The number of alkyl halides is 2. The van der Waals surface area contributed by atoms with E-state index in [-0.39, 0.29) is 25.7 Å². The number of carbonyl (C=O) groups is 2. The van der Waals surface area contributed by atoms with E-state index in [1.165, 1.54) is 12.1 Å². The van der Waals surface area contributed by atoms with Crippen molar-refractivity contribution in [3.63, 3.8) is 0 Å². The van der Waals surface area contributed by atoms with Gasteiger partial charge in [-0.2, -0.15) is 0 Å². The van der Waals surface area contributed by atoms with Crippen molar-refractivity contribution in [1.82, 2.24) is 0 Å². The van der Waals surface area contributed by atoms with Gasteiger partial charge in [-0.1, -0.05) is 46.4 Å². The molecule has 1 fully saturated rings. The number of amides is 1. The summed E-state index contributed by atoms with van der Waals surface area (Å²) >= 11 is 36.5. The molecular formula is C17H9Cl6NO2. The van der Waals surface area contributed by atoms with Crippen molar-refractivity contribution in [1.29, 1.82) is 0 Å². The van der Waals surface area contributed by atoms with E-state index < -0.39 is 22.1 Å². The largest absolute Gasteiger partial charge is 0.326 e. The van der Waals surface area contributed by atoms with E-state index in [2.05, 4.69) is 5.32 Å². The molecular weight excluding hydrogens is 463 g/mol. The Morgan fingerprint density at radius 3 is 2.19 bits per heavy atom. The van der Waals surface area contributed by atoms with E-state index in [1.54, 1.807) is 18.2 Å². The van der Waals surface area contributed by atoms with E-state index >= 15 is 0 Å². The van der Waals surface area contributed by atoms with Crippen LogP contribution in [0, 0.1) is 5.92 Å². The molecule has 1 aliphatic carbocycles. The Kier molecular flexibility index (Phi) is 5.70. The summed E-state index contributed by atoms with van der Waals surface area (Å²) in [5.41, 5.74) is 1.28. The van der Waals surface area contributed by atoms with Crippen LogP contribution in [0.3, 0.4) is 0 Å². The summed E-state index contributed by atoms with van der Waals surface area (Å²) in [6.07, 6.45) is 0.600. The van der Waals surface area contributed by atoms with Gasteiger partial charge < -0.3 is 5.32 Å². The minimum atomic E-state index is -1.31. The van der Waals surface area contributed by atoms with Crippen LogP contribution in [0.2, 0.25) is 20.1 Å². The third-order valence-corrected chi connectivity index (χ3v) is 6.57. The van der Waals surface area contributed by atoms with Gasteiger partial charge in [0, 0.05) is 17.2 Å². The number of anilines is 1. The van der Waals surface area contributed by atoms with Crippen LogP contribution < -0.4 is 5.32 Å². The third-order valence-electron chi connectivity index (χ3n) is 4.09. The first-order chi connectivity index (χ1) is 12.2. The highest BCUT2D eigenvalue weighted by Crippen LogP contribution is 2.65. The van der Waals surface area contributed by atoms with Crippen molar-refractivity contribution in [3.8, 4) is 0 Å². The van der Waals surface area contributed by atoms with Gasteiger partial charge >= 0.3 is 0 Å². The molecule has 3 nitrogen and oxygen atoms in total. The minimum Gasteiger partial charge on any atom is -0.326 e. The Labute approximate surface area is 179 Å². The van der Waals surface area contributed by atoms with Gasteiger partial charge in [-0.3, -0.25) is 9.59 Å². The molecule has 0 aliphatic heterocycles. The zero-order chi connectivity index (χ0) is 19.2. The predicted octanol–water partition coefficient (Wildman–Crippen LogP) is 6.64. The van der Waals surface area contributed by atoms with Crippen molar-refractivity contribution >= 4 is 87.5 Å². The zero-order valence-electron chi connectivity index (χ0n) is 12.7. The molecule has 2 atom stereocenters. The summed E-state index contributed by atoms with van der Waals surface area (Å²) in [6, 6.07) is 7.72. The Morgan fingerprint density at radius 2 is 1.62 bits per heavy atom. The summed E-state index contributed by atoms with van der Waals surface area (Å²) in [5.74, 6) is -1.63. The van der Waals surface area contributed by atoms with Crippen LogP contribution in [-0.2, 0) is 4.79 Å². The van der Waals surface area contributed by atoms with E-state index in [1.807, 2.05) is 0 Å². The highest BCUT2D eigenvalue weighted by Gasteiger charge is 2.67. The molecule has 1 amide bonds. The average molecular weight is 472 g/mol. The lowest BCUT2D eigenvalue weighted by molar-refractivity contribution is -0.117. The van der Waals surface area contributed by atoms with Gasteiger partial charge in [0.25, 0.3) is 0 Å². The molecule has 0 saturated heterocycles. The van der Waals surface area contributed by atoms with Crippen LogP contribution in [0.15, 0.2) is 30.3 Å². The molecule has 0 heterocycles. The van der Waals surface area contributed by atoms with Gasteiger partial charge in [-0.05, 0) is 35.9 Å². The number of carbonyl (C=O) groups excluding carboxylic acids is 2. The van der Waals surface area contributed by atoms with Crippen molar-refractivity contribution in [2.45, 2.75) is 10.3 Å². The third kappa shape index (κ3) is 3.66. The van der Waals surface area contributed by atoms with Gasteiger partial charge in [0.15, 0.2) is 6.29 Å². The minimum absolute atomic E-state index is 0.219. The lowest BCUT2D eigenvalue weighted by atomic mass is 10.1. The molecule has 2 aromatic rings. The predicted molar refractivity (Wildman–Crippen MR) is 108 cm³/mol. The number of nitrogens with one attached hydrogen (secondary N) is 1. The quantitative estimate of drug-likeness (QED) is 0.308. The van der Waals surface area contributed by atoms with E-state index in [4.69, 9.17) is 69.6 Å². The van der Waals surface area contributed by atoms with Crippen molar-refractivity contribution in [2.75, 3.05) is 5.32 Å². The number of aldehydes is 1. The van der Waals surface area contributed by atoms with Gasteiger partial charge in [-0.15, -0.1) is 23.2 Å². The molecule has 9 heteroatoms. The normalized spacial score (nSPS) is 20.5. The summed E-state index contributed by atoms with van der Waals surface area (Å²) in [4.78, 5) is 23.6. The van der Waals surface area contributed by atoms with Crippen LogP contribution in [0.25, 0.3) is 0 Å². The van der Waals surface area contributed by atoms with Crippen LogP contribution in [0.1, 0.15) is 21.8 Å². The second kappa shape index (κ2) is 7.38. The maximum Gasteiger partial charge on any atom is 0.231 e. The number of benzene rings is 2. The first-order valence-corrected chi connectivity index (χ1v) is 9.51. The molecule has 1 N–H and O–H groups in total. The summed E-state index contributed by atoms with van der Waals surface area (Å²) in [5, 5.41) is 3.69. The van der Waals surface area contributed by atoms with E-state index in [9.17, 15) is 9.59 Å². The molecule has 2 aromatic carbocycles. The number of hydrogen-bond donors (Lipinski definition) is 1. The van der Waals surface area contributed by atoms with Gasteiger partial charge in [0.1, 0.15) is 4.33 Å². The molecule has 1 saturated carbocycles. The first-order valence-electron chi connectivity index (χ1n) is 7.24. The monoisotopic (exact) mass is 469 g/mol. The Bertz CT molecular complexity index is 891. The highest BCUT2D eigenvalue weighted by molar-refractivity contribution is 6.54. The smallest absolute Gasteiger partial charge is 0.231 e. The van der Waals surface area contributed by atoms with Gasteiger partial charge in [-0.25, -0.2) is 0 Å². The molecule has 26 heavy (non-hydrogen) atoms. The molecule has 136 valence electrons. The Balaban J connectivity index is 1.83. The number of halogens is 6. The molecule has 0 aromatic heterocycles. The maximum absolute atomic E-state index is 12.6. The first kappa shape index (κ1) is 20.1. The average Bonchev–Trinajstić information content (AvgIpc) is 3.16. The second-order valence-corrected chi connectivity index (χ2v) is 8.82. The fourth-order valence-electron chi connectivity index (χ4n) is 2.75. The van der Waals surface area contributed by atoms with Gasteiger partial charge in [0.2, 0.25) is 5.91 Å². The molecule has 0 bridgehead atoms. The molecule has 2 unspecified atom stereocenters. The summed E-state index contributed by atoms with van der Waals surface area (Å²) in [7, 11) is 0. The number of hydrogen-bond acceptors (Lipinski definition) is 2. The van der Waals surface area contributed by atoms with Crippen LogP contribution >= 0.6 is 69.6 Å². The lowest BCUT2D eigenvalue weighted by Crippen LogP contribution is -2.17. The molecule has 3 rings (SSSR count). The Morgan fingerprint density at radius 1 is 1.00 bits per heavy atom. The maximum atomic E-state index is 12.6. The summed E-state index contributed by atoms with van der Waals surface area (Å²) in [6.45, 7) is 0. The van der Waals surface area contributed by atoms with Crippen LogP contribution in [0.4, 0.5) is 5.69 Å². The fourth-order valence-corrected chi connectivity index (χ4v) is 4.36. The topological polar surface area (TPSA) is 46.2 Å². The molecule has 0 spiro atoms. The van der Waals surface area contributed by atoms with Crippen molar-refractivity contribution in [3.05, 3.63) is 61.5 Å². The van der Waals surface area contributed by atoms with Crippen molar-refractivity contribution < 1.29 is 9.59 Å². The SMILES string of the molecule is O=Cc1cc(NC(=O)C2C(c3cc(Cl)c(Cl)c(Cl)c3)C2(Cl)Cl)ccc1Cl. The van der Waals surface area contributed by atoms with Gasteiger partial charge in [0.05, 0.1) is 26.0 Å². The fraction of sp³-hybridized carbons (Fsp3) is 0.176. The van der Waals surface area contributed by atoms with Crippen LogP contribution in [0.5, 0.6) is 0 Å². The number of rotatable bonds is 4. The van der Waals surface area contributed by atoms with Crippen molar-refractivity contribution in [2.24, 2.45) is 5.92 Å². The molecule has 0 radical (unpaired) electrons. The van der Waals surface area contributed by atoms with Crippen LogP contribution in [-0.4, -0.2) is 16.5 Å². The summed E-state index contributed by atoms with van der Waals surface area (Å²) < 4.78 is -1.31. The lowest BCUT2D eigenvalue weighted by Gasteiger charge is -2.07. The molecule has 1 aliphatic rings.